The molecule has 1 heterocycles. The zero-order chi connectivity index (χ0) is 8.97. The number of hydrogen-bond acceptors (Lipinski definition) is 3. The van der Waals surface area contributed by atoms with Gasteiger partial charge < -0.3 is 10.4 Å². The minimum Gasteiger partial charge on any atom is -0.392 e. The van der Waals surface area contributed by atoms with Crippen LogP contribution in [0.1, 0.15) is 6.92 Å². The minimum atomic E-state index is -0.384. The van der Waals surface area contributed by atoms with Crippen molar-refractivity contribution in [1.29, 1.82) is 0 Å². The molecule has 0 amide bonds. The molecule has 0 spiro atoms. The van der Waals surface area contributed by atoms with Crippen LogP contribution in [-0.4, -0.2) is 22.7 Å². The number of nitrogens with zero attached hydrogens (tertiary/aromatic N) is 1. The molecule has 1 atom stereocenters. The summed E-state index contributed by atoms with van der Waals surface area (Å²) in [4.78, 5) is 3.99. The second kappa shape index (κ2) is 4.28. The van der Waals surface area contributed by atoms with Crippen LogP contribution in [0.2, 0.25) is 5.15 Å². The van der Waals surface area contributed by atoms with Gasteiger partial charge in [-0.2, -0.15) is 0 Å². The van der Waals surface area contributed by atoms with Crippen LogP contribution < -0.4 is 5.32 Å². The predicted octanol–water partition coefficient (Wildman–Crippen LogP) is 1.53. The van der Waals surface area contributed by atoms with Gasteiger partial charge >= 0.3 is 0 Å². The average Bonchev–Trinajstić information content (AvgIpc) is 2.01. The van der Waals surface area contributed by atoms with Gasteiger partial charge in [0.1, 0.15) is 11.0 Å². The summed E-state index contributed by atoms with van der Waals surface area (Å²) in [7, 11) is 0. The largest absolute Gasteiger partial charge is 0.392 e. The molecule has 1 aromatic rings. The van der Waals surface area contributed by atoms with Crippen LogP contribution in [0.4, 0.5) is 5.82 Å². The number of aromatic nitrogens is 1. The molecule has 1 unspecified atom stereocenters. The normalized spacial score (nSPS) is 12.6. The number of hydrogen-bond donors (Lipinski definition) is 2. The van der Waals surface area contributed by atoms with Gasteiger partial charge in [0.05, 0.1) is 6.10 Å². The van der Waals surface area contributed by atoms with Crippen molar-refractivity contribution in [2.24, 2.45) is 0 Å². The standard InChI is InChI=1S/C8H11ClN2O/c1-6(12)5-10-8-4-2-3-7(9)11-8/h2-4,6,12H,5H2,1H3,(H,10,11). The molecule has 0 aliphatic heterocycles. The number of aliphatic hydroxyl groups is 1. The molecule has 0 bridgehead atoms. The van der Waals surface area contributed by atoms with E-state index in [1.165, 1.54) is 0 Å². The third kappa shape index (κ3) is 3.07. The molecule has 0 aliphatic rings. The highest BCUT2D eigenvalue weighted by molar-refractivity contribution is 6.29. The lowest BCUT2D eigenvalue weighted by atomic mass is 10.4. The second-order valence-corrected chi connectivity index (χ2v) is 2.96. The number of halogens is 1. The Hall–Kier alpha value is -0.800. The molecule has 4 heteroatoms. The summed E-state index contributed by atoms with van der Waals surface area (Å²) in [5.74, 6) is 0.684. The second-order valence-electron chi connectivity index (χ2n) is 2.58. The monoisotopic (exact) mass is 186 g/mol. The van der Waals surface area contributed by atoms with Crippen molar-refractivity contribution in [2.45, 2.75) is 13.0 Å². The van der Waals surface area contributed by atoms with Gasteiger partial charge in [-0.15, -0.1) is 0 Å². The van der Waals surface area contributed by atoms with Gasteiger partial charge in [-0.3, -0.25) is 0 Å². The summed E-state index contributed by atoms with van der Waals surface area (Å²) in [6.45, 7) is 2.19. The van der Waals surface area contributed by atoms with Crippen molar-refractivity contribution in [2.75, 3.05) is 11.9 Å². The van der Waals surface area contributed by atoms with Crippen LogP contribution in [0.3, 0.4) is 0 Å². The van der Waals surface area contributed by atoms with E-state index in [-0.39, 0.29) is 6.10 Å². The summed E-state index contributed by atoms with van der Waals surface area (Å²) in [5, 5.41) is 12.3. The van der Waals surface area contributed by atoms with E-state index in [4.69, 9.17) is 16.7 Å². The van der Waals surface area contributed by atoms with Crippen molar-refractivity contribution < 1.29 is 5.11 Å². The minimum absolute atomic E-state index is 0.384. The highest BCUT2D eigenvalue weighted by Crippen LogP contribution is 2.08. The Balaban J connectivity index is 2.52. The summed E-state index contributed by atoms with van der Waals surface area (Å²) >= 11 is 5.65. The highest BCUT2D eigenvalue weighted by atomic mass is 35.5. The van der Waals surface area contributed by atoms with Crippen molar-refractivity contribution in [3.05, 3.63) is 23.4 Å². The van der Waals surface area contributed by atoms with Crippen LogP contribution in [-0.2, 0) is 0 Å². The molecule has 0 radical (unpaired) electrons. The van der Waals surface area contributed by atoms with Crippen molar-refractivity contribution in [1.82, 2.24) is 4.98 Å². The predicted molar refractivity (Wildman–Crippen MR) is 49.4 cm³/mol. The van der Waals surface area contributed by atoms with E-state index >= 15 is 0 Å². The number of nitrogens with one attached hydrogen (secondary N) is 1. The lowest BCUT2D eigenvalue weighted by Gasteiger charge is -2.06. The Bertz CT molecular complexity index is 253. The lowest BCUT2D eigenvalue weighted by Crippen LogP contribution is -2.15. The van der Waals surface area contributed by atoms with Gasteiger partial charge in [0.25, 0.3) is 0 Å². The summed E-state index contributed by atoms with van der Waals surface area (Å²) in [6.07, 6.45) is -0.384. The Labute approximate surface area is 76.4 Å². The topological polar surface area (TPSA) is 45.1 Å². The molecule has 1 aromatic heterocycles. The maximum Gasteiger partial charge on any atom is 0.131 e. The van der Waals surface area contributed by atoms with Gasteiger partial charge in [0.2, 0.25) is 0 Å². The van der Waals surface area contributed by atoms with Crippen molar-refractivity contribution in [3.63, 3.8) is 0 Å². The maximum atomic E-state index is 8.96. The van der Waals surface area contributed by atoms with Crippen LogP contribution >= 0.6 is 11.6 Å². The van der Waals surface area contributed by atoms with E-state index in [1.54, 1.807) is 25.1 Å². The van der Waals surface area contributed by atoms with Crippen molar-refractivity contribution in [3.8, 4) is 0 Å². The third-order valence-electron chi connectivity index (χ3n) is 1.29. The van der Waals surface area contributed by atoms with Gasteiger partial charge in [-0.25, -0.2) is 4.98 Å². The Morgan fingerprint density at radius 1 is 1.67 bits per heavy atom. The third-order valence-corrected chi connectivity index (χ3v) is 1.50. The fraction of sp³-hybridized carbons (Fsp3) is 0.375. The quantitative estimate of drug-likeness (QED) is 0.704. The number of aliphatic hydroxyl groups excluding tert-OH is 1. The Morgan fingerprint density at radius 2 is 2.42 bits per heavy atom. The van der Waals surface area contributed by atoms with Gasteiger partial charge in [0.15, 0.2) is 0 Å². The molecule has 0 saturated heterocycles. The summed E-state index contributed by atoms with van der Waals surface area (Å²) < 4.78 is 0. The van der Waals surface area contributed by atoms with E-state index in [0.717, 1.165) is 0 Å². The summed E-state index contributed by atoms with van der Waals surface area (Å²) in [5.41, 5.74) is 0. The fourth-order valence-corrected chi connectivity index (χ4v) is 0.923. The highest BCUT2D eigenvalue weighted by Gasteiger charge is 1.96. The van der Waals surface area contributed by atoms with Crippen LogP contribution in [0.5, 0.6) is 0 Å². The molecule has 66 valence electrons. The van der Waals surface area contributed by atoms with Crippen LogP contribution in [0.15, 0.2) is 18.2 Å². The molecule has 12 heavy (non-hydrogen) atoms. The van der Waals surface area contributed by atoms with Gasteiger partial charge in [0, 0.05) is 6.54 Å². The first kappa shape index (κ1) is 9.29. The molecule has 0 fully saturated rings. The molecule has 1 rings (SSSR count). The van der Waals surface area contributed by atoms with E-state index in [0.29, 0.717) is 17.5 Å². The van der Waals surface area contributed by atoms with Gasteiger partial charge in [-0.1, -0.05) is 17.7 Å². The number of pyridine rings is 1. The Kier molecular flexibility index (Phi) is 3.31. The fourth-order valence-electron chi connectivity index (χ4n) is 0.759. The van der Waals surface area contributed by atoms with Gasteiger partial charge in [-0.05, 0) is 19.1 Å². The molecular formula is C8H11ClN2O. The van der Waals surface area contributed by atoms with Crippen LogP contribution in [0, 0.1) is 0 Å². The first-order chi connectivity index (χ1) is 5.68. The van der Waals surface area contributed by atoms with E-state index in [9.17, 15) is 0 Å². The lowest BCUT2D eigenvalue weighted by molar-refractivity contribution is 0.208. The smallest absolute Gasteiger partial charge is 0.131 e. The van der Waals surface area contributed by atoms with E-state index in [1.807, 2.05) is 0 Å². The van der Waals surface area contributed by atoms with Crippen molar-refractivity contribution >= 4 is 17.4 Å². The summed E-state index contributed by atoms with van der Waals surface area (Å²) in [6, 6.07) is 5.31. The molecular weight excluding hydrogens is 176 g/mol. The molecule has 0 aromatic carbocycles. The molecule has 2 N–H and O–H groups in total. The SMILES string of the molecule is CC(O)CNc1cccc(Cl)n1. The maximum absolute atomic E-state index is 8.96. The first-order valence-electron chi connectivity index (χ1n) is 3.73. The van der Waals surface area contributed by atoms with E-state index in [2.05, 4.69) is 10.3 Å². The zero-order valence-corrected chi connectivity index (χ0v) is 7.54. The molecule has 0 saturated carbocycles. The van der Waals surface area contributed by atoms with Crippen LogP contribution in [0.25, 0.3) is 0 Å². The molecule has 3 nitrogen and oxygen atoms in total. The average molecular weight is 187 g/mol. The zero-order valence-electron chi connectivity index (χ0n) is 6.79. The molecule has 0 aliphatic carbocycles. The number of rotatable bonds is 3. The Morgan fingerprint density at radius 3 is 3.00 bits per heavy atom. The first-order valence-corrected chi connectivity index (χ1v) is 4.11. The van der Waals surface area contributed by atoms with E-state index < -0.39 is 0 Å². The number of anilines is 1.